The molecule has 2 saturated carbocycles. The summed E-state index contributed by atoms with van der Waals surface area (Å²) in [6.45, 7) is 20.4. The first-order valence-corrected chi connectivity index (χ1v) is 17.9. The Labute approximate surface area is 275 Å². The Morgan fingerprint density at radius 1 is 0.913 bits per heavy atom. The summed E-state index contributed by atoms with van der Waals surface area (Å²) in [6, 6.07) is 2.12. The van der Waals surface area contributed by atoms with Gasteiger partial charge in [0.2, 0.25) is 5.95 Å². The molecule has 1 saturated heterocycles. The summed E-state index contributed by atoms with van der Waals surface area (Å²) < 4.78 is 0. The summed E-state index contributed by atoms with van der Waals surface area (Å²) in [7, 11) is 0. The van der Waals surface area contributed by atoms with Crippen LogP contribution in [0.2, 0.25) is 0 Å². The average molecular weight is 631 g/mol. The van der Waals surface area contributed by atoms with E-state index in [4.69, 9.17) is 9.97 Å². The number of fused-ring (bicyclic) bond motifs is 5. The van der Waals surface area contributed by atoms with Crippen LogP contribution < -0.4 is 14.7 Å². The van der Waals surface area contributed by atoms with Gasteiger partial charge in [-0.25, -0.2) is 0 Å². The summed E-state index contributed by atoms with van der Waals surface area (Å²) in [5.74, 6) is 3.92. The lowest BCUT2D eigenvalue weighted by molar-refractivity contribution is -0.132. The molecule has 4 aliphatic carbocycles. The zero-order valence-electron chi connectivity index (χ0n) is 29.0. The highest BCUT2D eigenvalue weighted by Gasteiger charge is 2.59. The number of rotatable bonds is 10. The van der Waals surface area contributed by atoms with E-state index in [-0.39, 0.29) is 29.3 Å². The van der Waals surface area contributed by atoms with Crippen LogP contribution in [-0.2, 0) is 14.4 Å². The Kier molecular flexibility index (Phi) is 9.18. The van der Waals surface area contributed by atoms with E-state index in [1.165, 1.54) is 5.57 Å². The molecule has 6 rings (SSSR count). The van der Waals surface area contributed by atoms with Gasteiger partial charge in [0, 0.05) is 64.3 Å². The van der Waals surface area contributed by atoms with Gasteiger partial charge < -0.3 is 14.7 Å². The van der Waals surface area contributed by atoms with Crippen LogP contribution >= 0.6 is 0 Å². The van der Waals surface area contributed by atoms with Gasteiger partial charge in [0.05, 0.1) is 18.4 Å². The number of ketones is 3. The van der Waals surface area contributed by atoms with Gasteiger partial charge in [0.1, 0.15) is 17.4 Å². The van der Waals surface area contributed by atoms with Gasteiger partial charge in [-0.1, -0.05) is 18.6 Å². The Morgan fingerprint density at radius 2 is 1.54 bits per heavy atom. The first-order valence-electron chi connectivity index (χ1n) is 17.9. The highest BCUT2D eigenvalue weighted by Crippen LogP contribution is 2.64. The second-order valence-corrected chi connectivity index (χ2v) is 14.6. The molecule has 0 unspecified atom stereocenters. The predicted molar refractivity (Wildman–Crippen MR) is 183 cm³/mol. The lowest BCUT2D eigenvalue weighted by Crippen LogP contribution is -2.51. The number of nitrogens with zero attached hydrogens (tertiary/aromatic N) is 6. The monoisotopic (exact) mass is 630 g/mol. The molecule has 1 aromatic heterocycles. The molecule has 1 aliphatic heterocycles. The summed E-state index contributed by atoms with van der Waals surface area (Å²) in [6.07, 6.45) is 8.69. The zero-order chi connectivity index (χ0) is 32.8. The number of Topliss-reactive ketones (excluding diaryl/α,β-unsaturated/α-hetero) is 2. The SMILES string of the molecule is CCN(CC)c1cc(N(CC)CC)nc(N2CCN(CC(=O)[C@H]3CC[C@H]4[C@@H]5CCC6=CC(=O)CC(=O)[C@]6(C)C5=CC[C@]34C)CC2)n1. The smallest absolute Gasteiger partial charge is 0.229 e. The van der Waals surface area contributed by atoms with E-state index >= 15 is 0 Å². The van der Waals surface area contributed by atoms with E-state index in [2.05, 4.69) is 73.3 Å². The molecule has 250 valence electrons. The zero-order valence-corrected chi connectivity index (χ0v) is 29.0. The Hall–Kier alpha value is -3.07. The van der Waals surface area contributed by atoms with Gasteiger partial charge in [0.15, 0.2) is 11.6 Å². The fraction of sp³-hybridized carbons (Fsp3) is 0.703. The molecule has 46 heavy (non-hydrogen) atoms. The van der Waals surface area contributed by atoms with Crippen molar-refractivity contribution < 1.29 is 14.4 Å². The summed E-state index contributed by atoms with van der Waals surface area (Å²) in [4.78, 5) is 58.7. The Morgan fingerprint density at radius 3 is 2.15 bits per heavy atom. The van der Waals surface area contributed by atoms with Crippen molar-refractivity contribution in [2.75, 3.05) is 73.6 Å². The van der Waals surface area contributed by atoms with Crippen molar-refractivity contribution in [3.63, 3.8) is 0 Å². The maximum atomic E-state index is 14.0. The minimum atomic E-state index is -0.624. The van der Waals surface area contributed by atoms with E-state index in [0.29, 0.717) is 24.2 Å². The lowest BCUT2D eigenvalue weighted by atomic mass is 9.50. The summed E-state index contributed by atoms with van der Waals surface area (Å²) in [5.41, 5.74) is 1.56. The van der Waals surface area contributed by atoms with Crippen molar-refractivity contribution in [2.24, 2.45) is 28.6 Å². The quantitative estimate of drug-likeness (QED) is 0.259. The molecule has 3 fully saturated rings. The van der Waals surface area contributed by atoms with Crippen LogP contribution in [0.3, 0.4) is 0 Å². The van der Waals surface area contributed by atoms with Gasteiger partial charge in [-0.15, -0.1) is 0 Å². The Bertz CT molecular complexity index is 1390. The van der Waals surface area contributed by atoms with Gasteiger partial charge in [-0.05, 0) is 95.6 Å². The average Bonchev–Trinajstić information content (AvgIpc) is 3.41. The van der Waals surface area contributed by atoms with Gasteiger partial charge in [0.25, 0.3) is 0 Å². The number of carbonyl (C=O) groups is 3. The fourth-order valence-corrected chi connectivity index (χ4v) is 9.67. The molecule has 0 amide bonds. The highest BCUT2D eigenvalue weighted by molar-refractivity contribution is 6.12. The van der Waals surface area contributed by atoms with Crippen LogP contribution in [-0.4, -0.2) is 91.1 Å². The maximum Gasteiger partial charge on any atom is 0.229 e. The topological polar surface area (TPSA) is 90.0 Å². The van der Waals surface area contributed by atoms with Crippen molar-refractivity contribution in [3.05, 3.63) is 29.4 Å². The van der Waals surface area contributed by atoms with E-state index in [1.54, 1.807) is 6.08 Å². The van der Waals surface area contributed by atoms with E-state index in [0.717, 1.165) is 108 Å². The van der Waals surface area contributed by atoms with Crippen molar-refractivity contribution in [1.29, 1.82) is 0 Å². The Balaban J connectivity index is 1.12. The molecule has 9 heteroatoms. The summed E-state index contributed by atoms with van der Waals surface area (Å²) in [5, 5.41) is 0. The predicted octanol–water partition coefficient (Wildman–Crippen LogP) is 5.11. The molecule has 0 spiro atoms. The normalized spacial score (nSPS) is 31.1. The third-order valence-corrected chi connectivity index (χ3v) is 12.5. The molecule has 9 nitrogen and oxygen atoms in total. The van der Waals surface area contributed by atoms with Crippen molar-refractivity contribution in [2.45, 2.75) is 80.1 Å². The molecule has 0 aromatic carbocycles. The van der Waals surface area contributed by atoms with Crippen LogP contribution in [0.1, 0.15) is 80.1 Å². The van der Waals surface area contributed by atoms with E-state index < -0.39 is 5.41 Å². The molecular formula is C37H54N6O3. The number of piperazine rings is 1. The first-order chi connectivity index (χ1) is 22.1. The minimum absolute atomic E-state index is 0.0188. The van der Waals surface area contributed by atoms with Crippen LogP contribution in [0.4, 0.5) is 17.6 Å². The van der Waals surface area contributed by atoms with Crippen LogP contribution in [0.5, 0.6) is 0 Å². The van der Waals surface area contributed by atoms with Gasteiger partial charge in [-0.3, -0.25) is 19.3 Å². The minimum Gasteiger partial charge on any atom is -0.357 e. The molecule has 2 heterocycles. The second kappa shape index (κ2) is 12.9. The van der Waals surface area contributed by atoms with E-state index in [9.17, 15) is 14.4 Å². The lowest BCUT2D eigenvalue weighted by Gasteiger charge is -2.52. The van der Waals surface area contributed by atoms with E-state index in [1.807, 2.05) is 0 Å². The van der Waals surface area contributed by atoms with Crippen molar-refractivity contribution >= 4 is 34.9 Å². The maximum absolute atomic E-state index is 14.0. The van der Waals surface area contributed by atoms with Crippen LogP contribution in [0, 0.1) is 28.6 Å². The number of hydrogen-bond donors (Lipinski definition) is 0. The third kappa shape index (κ3) is 5.50. The molecule has 5 aliphatic rings. The standard InChI is InChI=1S/C37H54N6O3/c1-7-41(8-2)33-23-34(42(9-3)10-4)39-35(38-33)43-19-17-40(18-20-43)24-31(45)30-14-13-28-27-12-11-25-21-26(44)22-32(46)37(25,6)29(27)15-16-36(28,30)5/h15,21,23,27-28,30H,7-14,16-20,22,24H2,1-6H3/t27-,28-,30+,36-,37-/m0/s1. The number of carbonyl (C=O) groups excluding carboxylic acids is 3. The largest absolute Gasteiger partial charge is 0.357 e. The molecule has 0 N–H and O–H groups in total. The molecule has 5 atom stereocenters. The molecule has 0 bridgehead atoms. The number of hydrogen-bond acceptors (Lipinski definition) is 9. The van der Waals surface area contributed by atoms with Gasteiger partial charge in [-0.2, -0.15) is 9.97 Å². The van der Waals surface area contributed by atoms with Crippen molar-refractivity contribution in [3.8, 4) is 0 Å². The number of anilines is 3. The molecule has 1 aromatic rings. The van der Waals surface area contributed by atoms with Crippen LogP contribution in [0.25, 0.3) is 0 Å². The van der Waals surface area contributed by atoms with Gasteiger partial charge >= 0.3 is 0 Å². The fourth-order valence-electron chi connectivity index (χ4n) is 9.67. The summed E-state index contributed by atoms with van der Waals surface area (Å²) >= 11 is 0. The molecular weight excluding hydrogens is 576 g/mol. The number of aromatic nitrogens is 2. The second-order valence-electron chi connectivity index (χ2n) is 14.6. The first kappa shape index (κ1) is 32.9. The molecule has 0 radical (unpaired) electrons. The highest BCUT2D eigenvalue weighted by atomic mass is 16.2. The number of allylic oxidation sites excluding steroid dienone is 4. The van der Waals surface area contributed by atoms with Crippen LogP contribution in [0.15, 0.2) is 29.4 Å². The van der Waals surface area contributed by atoms with Crippen molar-refractivity contribution in [1.82, 2.24) is 14.9 Å². The third-order valence-electron chi connectivity index (χ3n) is 12.5.